The van der Waals surface area contributed by atoms with Crippen LogP contribution in [-0.4, -0.2) is 62.5 Å². The first-order chi connectivity index (χ1) is 8.04. The molecule has 1 saturated heterocycles. The van der Waals surface area contributed by atoms with Crippen molar-refractivity contribution in [1.29, 1.82) is 0 Å². The number of rotatable bonds is 5. The van der Waals surface area contributed by atoms with E-state index in [9.17, 15) is 4.79 Å². The number of nitrogens with zero attached hydrogens (tertiary/aromatic N) is 2. The van der Waals surface area contributed by atoms with Crippen molar-refractivity contribution in [2.75, 3.05) is 40.8 Å². The molecule has 1 amide bonds. The number of hydrogen-bond acceptors (Lipinski definition) is 3. The Labute approximate surface area is 105 Å². The molecular formula is C13H27N3O. The Morgan fingerprint density at radius 3 is 2.82 bits per heavy atom. The van der Waals surface area contributed by atoms with Gasteiger partial charge in [-0.05, 0) is 39.3 Å². The average Bonchev–Trinajstić information content (AvgIpc) is 2.35. The fraction of sp³-hybridized carbons (Fsp3) is 0.923. The number of carbonyl (C=O) groups is 1. The van der Waals surface area contributed by atoms with Crippen molar-refractivity contribution in [1.82, 2.24) is 15.1 Å². The van der Waals surface area contributed by atoms with Gasteiger partial charge in [-0.2, -0.15) is 0 Å². The predicted octanol–water partition coefficient (Wildman–Crippen LogP) is 0.785. The van der Waals surface area contributed by atoms with Gasteiger partial charge in [0, 0.05) is 39.6 Å². The van der Waals surface area contributed by atoms with Crippen molar-refractivity contribution in [3.8, 4) is 0 Å². The Hall–Kier alpha value is -0.610. The number of nitrogens with one attached hydrogen (secondary N) is 1. The standard InChI is InChI=1S/C13H27N3O/c1-11(14-2)12-6-5-8-16(10-12)9-7-13(17)15(3)4/h11-12,14H,5-10H2,1-4H3. The first-order valence-corrected chi connectivity index (χ1v) is 6.64. The minimum atomic E-state index is 0.230. The SMILES string of the molecule is CNC(C)C1CCCN(CCC(=O)N(C)C)C1. The molecule has 1 aliphatic rings. The van der Waals surface area contributed by atoms with Gasteiger partial charge in [-0.3, -0.25) is 4.79 Å². The maximum atomic E-state index is 11.5. The Balaban J connectivity index is 2.32. The quantitative estimate of drug-likeness (QED) is 0.773. The van der Waals surface area contributed by atoms with Crippen LogP contribution in [0.5, 0.6) is 0 Å². The van der Waals surface area contributed by atoms with Crippen LogP contribution in [-0.2, 0) is 4.79 Å². The molecule has 0 aromatic heterocycles. The molecule has 17 heavy (non-hydrogen) atoms. The molecule has 1 heterocycles. The Morgan fingerprint density at radius 2 is 2.24 bits per heavy atom. The van der Waals surface area contributed by atoms with Gasteiger partial charge in [-0.15, -0.1) is 0 Å². The first-order valence-electron chi connectivity index (χ1n) is 6.64. The van der Waals surface area contributed by atoms with E-state index in [-0.39, 0.29) is 5.91 Å². The molecular weight excluding hydrogens is 214 g/mol. The van der Waals surface area contributed by atoms with Gasteiger partial charge in [-0.1, -0.05) is 0 Å². The zero-order valence-electron chi connectivity index (χ0n) is 11.7. The highest BCUT2D eigenvalue weighted by molar-refractivity contribution is 5.75. The summed E-state index contributed by atoms with van der Waals surface area (Å²) < 4.78 is 0. The van der Waals surface area contributed by atoms with Crippen molar-refractivity contribution >= 4 is 5.91 Å². The van der Waals surface area contributed by atoms with Gasteiger partial charge in [-0.25, -0.2) is 0 Å². The number of carbonyl (C=O) groups excluding carboxylic acids is 1. The molecule has 0 spiro atoms. The molecule has 4 nitrogen and oxygen atoms in total. The Morgan fingerprint density at radius 1 is 1.53 bits per heavy atom. The molecule has 0 radical (unpaired) electrons. The van der Waals surface area contributed by atoms with Crippen LogP contribution in [0.2, 0.25) is 0 Å². The summed E-state index contributed by atoms with van der Waals surface area (Å²) in [7, 11) is 5.67. The molecule has 0 aromatic carbocycles. The number of likely N-dealkylation sites (tertiary alicyclic amines) is 1. The van der Waals surface area contributed by atoms with E-state index < -0.39 is 0 Å². The molecule has 0 aliphatic carbocycles. The van der Waals surface area contributed by atoms with Crippen LogP contribution >= 0.6 is 0 Å². The lowest BCUT2D eigenvalue weighted by Gasteiger charge is -2.35. The van der Waals surface area contributed by atoms with Crippen molar-refractivity contribution in [3.63, 3.8) is 0 Å². The maximum Gasteiger partial charge on any atom is 0.223 e. The van der Waals surface area contributed by atoms with Gasteiger partial charge < -0.3 is 15.1 Å². The van der Waals surface area contributed by atoms with Crippen molar-refractivity contribution in [2.45, 2.75) is 32.2 Å². The molecule has 1 aliphatic heterocycles. The summed E-state index contributed by atoms with van der Waals surface area (Å²) in [5, 5.41) is 3.34. The van der Waals surface area contributed by atoms with Gasteiger partial charge in [0.15, 0.2) is 0 Å². The van der Waals surface area contributed by atoms with Crippen LogP contribution in [0.3, 0.4) is 0 Å². The first kappa shape index (κ1) is 14.5. The summed E-state index contributed by atoms with van der Waals surface area (Å²) >= 11 is 0. The minimum Gasteiger partial charge on any atom is -0.349 e. The smallest absolute Gasteiger partial charge is 0.223 e. The fourth-order valence-corrected chi connectivity index (χ4v) is 2.42. The van der Waals surface area contributed by atoms with E-state index in [2.05, 4.69) is 17.1 Å². The highest BCUT2D eigenvalue weighted by atomic mass is 16.2. The van der Waals surface area contributed by atoms with Crippen molar-refractivity contribution in [3.05, 3.63) is 0 Å². The lowest BCUT2D eigenvalue weighted by atomic mass is 9.91. The van der Waals surface area contributed by atoms with E-state index in [1.165, 1.54) is 12.8 Å². The number of piperidine rings is 1. The number of amides is 1. The summed E-state index contributed by atoms with van der Waals surface area (Å²) in [6.45, 7) is 5.43. The summed E-state index contributed by atoms with van der Waals surface area (Å²) in [5.41, 5.74) is 0. The zero-order valence-corrected chi connectivity index (χ0v) is 11.7. The Kier molecular flexibility index (Phi) is 5.92. The van der Waals surface area contributed by atoms with Crippen molar-refractivity contribution < 1.29 is 4.79 Å². The monoisotopic (exact) mass is 241 g/mol. The van der Waals surface area contributed by atoms with Crippen LogP contribution < -0.4 is 5.32 Å². The Bertz CT molecular complexity index is 243. The van der Waals surface area contributed by atoms with Crippen LogP contribution in [0.4, 0.5) is 0 Å². The molecule has 1 fully saturated rings. The third kappa shape index (κ3) is 4.64. The molecule has 100 valence electrons. The van der Waals surface area contributed by atoms with E-state index in [0.717, 1.165) is 25.6 Å². The second-order valence-electron chi connectivity index (χ2n) is 5.32. The van der Waals surface area contributed by atoms with Crippen LogP contribution in [0.1, 0.15) is 26.2 Å². The summed E-state index contributed by atoms with van der Waals surface area (Å²) in [6, 6.07) is 0.572. The van der Waals surface area contributed by atoms with Gasteiger partial charge in [0.05, 0.1) is 0 Å². The van der Waals surface area contributed by atoms with Crippen LogP contribution in [0, 0.1) is 5.92 Å². The molecule has 2 atom stereocenters. The largest absolute Gasteiger partial charge is 0.349 e. The van der Waals surface area contributed by atoms with E-state index in [4.69, 9.17) is 0 Å². The van der Waals surface area contributed by atoms with Gasteiger partial charge in [0.1, 0.15) is 0 Å². The lowest BCUT2D eigenvalue weighted by molar-refractivity contribution is -0.129. The predicted molar refractivity (Wildman–Crippen MR) is 71.0 cm³/mol. The third-order valence-electron chi connectivity index (χ3n) is 3.85. The fourth-order valence-electron chi connectivity index (χ4n) is 2.42. The van der Waals surface area contributed by atoms with Gasteiger partial charge in [0.2, 0.25) is 5.91 Å². The van der Waals surface area contributed by atoms with E-state index in [0.29, 0.717) is 12.5 Å². The number of hydrogen-bond donors (Lipinski definition) is 1. The zero-order chi connectivity index (χ0) is 12.8. The molecule has 0 aromatic rings. The molecule has 4 heteroatoms. The molecule has 1 N–H and O–H groups in total. The molecule has 1 rings (SSSR count). The highest BCUT2D eigenvalue weighted by Crippen LogP contribution is 2.19. The molecule has 0 saturated carbocycles. The van der Waals surface area contributed by atoms with Crippen LogP contribution in [0.25, 0.3) is 0 Å². The second kappa shape index (κ2) is 6.97. The van der Waals surface area contributed by atoms with Gasteiger partial charge in [0.25, 0.3) is 0 Å². The van der Waals surface area contributed by atoms with Gasteiger partial charge >= 0.3 is 0 Å². The summed E-state index contributed by atoms with van der Waals surface area (Å²) in [4.78, 5) is 15.7. The lowest BCUT2D eigenvalue weighted by Crippen LogP contribution is -2.44. The third-order valence-corrected chi connectivity index (χ3v) is 3.85. The molecule has 0 bridgehead atoms. The van der Waals surface area contributed by atoms with E-state index >= 15 is 0 Å². The average molecular weight is 241 g/mol. The highest BCUT2D eigenvalue weighted by Gasteiger charge is 2.23. The topological polar surface area (TPSA) is 35.6 Å². The second-order valence-corrected chi connectivity index (χ2v) is 5.32. The maximum absolute atomic E-state index is 11.5. The van der Waals surface area contributed by atoms with E-state index in [1.54, 1.807) is 4.90 Å². The van der Waals surface area contributed by atoms with Crippen LogP contribution in [0.15, 0.2) is 0 Å². The summed E-state index contributed by atoms with van der Waals surface area (Å²) in [6.07, 6.45) is 3.21. The minimum absolute atomic E-state index is 0.230. The molecule has 2 unspecified atom stereocenters. The van der Waals surface area contributed by atoms with Crippen molar-refractivity contribution in [2.24, 2.45) is 5.92 Å². The van der Waals surface area contributed by atoms with E-state index in [1.807, 2.05) is 21.1 Å². The summed E-state index contributed by atoms with van der Waals surface area (Å²) in [5.74, 6) is 0.956. The normalized spacial score (nSPS) is 23.4.